The number of ether oxygens (including phenoxy) is 1. The first-order chi connectivity index (χ1) is 11.5. The predicted octanol–water partition coefficient (Wildman–Crippen LogP) is 3.48. The number of fused-ring (bicyclic) bond motifs is 1. The monoisotopic (exact) mass is 329 g/mol. The number of benzene rings is 1. The summed E-state index contributed by atoms with van der Waals surface area (Å²) in [6, 6.07) is 5.52. The van der Waals surface area contributed by atoms with E-state index in [2.05, 4.69) is 21.9 Å². The molecule has 2 atom stereocenters. The maximum atomic E-state index is 12.5. The Bertz CT molecular complexity index is 734. The molecule has 0 bridgehead atoms. The fraction of sp³-hybridized carbons (Fsp3) is 0.444. The lowest BCUT2D eigenvalue weighted by atomic mass is 10.0. The van der Waals surface area contributed by atoms with Crippen LogP contribution in [0.5, 0.6) is 5.75 Å². The number of aromatic nitrogens is 1. The summed E-state index contributed by atoms with van der Waals surface area (Å²) in [4.78, 5) is 12.5. The number of carbonyl (C=O) groups is 1. The van der Waals surface area contributed by atoms with E-state index in [4.69, 9.17) is 9.26 Å². The predicted molar refractivity (Wildman–Crippen MR) is 90.1 cm³/mol. The normalized spacial score (nSPS) is 17.1. The van der Waals surface area contributed by atoms with Gasteiger partial charge in [-0.2, -0.15) is 0 Å². The van der Waals surface area contributed by atoms with Crippen molar-refractivity contribution in [1.82, 2.24) is 15.8 Å². The number of hydrogen-bond donors (Lipinski definition) is 2. The van der Waals surface area contributed by atoms with Gasteiger partial charge in [-0.1, -0.05) is 29.8 Å². The highest BCUT2D eigenvalue weighted by Gasteiger charge is 2.27. The van der Waals surface area contributed by atoms with Crippen LogP contribution in [0.1, 0.15) is 53.6 Å². The molecule has 3 rings (SSSR count). The van der Waals surface area contributed by atoms with Crippen LogP contribution in [-0.2, 0) is 0 Å². The Morgan fingerprint density at radius 1 is 1.38 bits per heavy atom. The van der Waals surface area contributed by atoms with Gasteiger partial charge in [-0.05, 0) is 33.3 Å². The Hall–Kier alpha value is -2.50. The smallest absolute Gasteiger partial charge is 0.315 e. The number of aryl methyl sites for hydroxylation is 3. The van der Waals surface area contributed by atoms with Gasteiger partial charge >= 0.3 is 6.03 Å². The number of rotatable bonds is 4. The molecule has 2 heterocycles. The zero-order chi connectivity index (χ0) is 17.3. The molecule has 2 aromatic rings. The lowest BCUT2D eigenvalue weighted by Crippen LogP contribution is -2.40. The van der Waals surface area contributed by atoms with E-state index in [1.54, 1.807) is 0 Å². The van der Waals surface area contributed by atoms with Crippen molar-refractivity contribution in [2.24, 2.45) is 0 Å². The van der Waals surface area contributed by atoms with E-state index >= 15 is 0 Å². The first-order valence-electron chi connectivity index (χ1n) is 8.22. The van der Waals surface area contributed by atoms with E-state index in [9.17, 15) is 4.79 Å². The van der Waals surface area contributed by atoms with Crippen LogP contribution in [0, 0.1) is 20.8 Å². The quantitative estimate of drug-likeness (QED) is 0.900. The summed E-state index contributed by atoms with van der Waals surface area (Å²) in [5.41, 5.74) is 3.93. The van der Waals surface area contributed by atoms with Gasteiger partial charge in [0.15, 0.2) is 0 Å². The lowest BCUT2D eigenvalue weighted by molar-refractivity contribution is 0.228. The number of nitrogens with one attached hydrogen (secondary N) is 2. The molecule has 6 heteroatoms. The van der Waals surface area contributed by atoms with Crippen LogP contribution in [0.2, 0.25) is 0 Å². The third kappa shape index (κ3) is 3.09. The maximum absolute atomic E-state index is 12.5. The van der Waals surface area contributed by atoms with Crippen LogP contribution >= 0.6 is 0 Å². The van der Waals surface area contributed by atoms with E-state index < -0.39 is 0 Å². The number of carbonyl (C=O) groups excluding carboxylic acids is 1. The molecule has 0 spiro atoms. The Kier molecular flexibility index (Phi) is 4.46. The van der Waals surface area contributed by atoms with Gasteiger partial charge in [0, 0.05) is 11.1 Å². The molecule has 2 N–H and O–H groups in total. The molecule has 1 aliphatic rings. The molecular weight excluding hydrogens is 306 g/mol. The fourth-order valence-electron chi connectivity index (χ4n) is 3.18. The molecule has 24 heavy (non-hydrogen) atoms. The average molecular weight is 329 g/mol. The van der Waals surface area contributed by atoms with Crippen LogP contribution in [0.4, 0.5) is 4.79 Å². The Morgan fingerprint density at radius 2 is 2.17 bits per heavy atom. The number of amides is 2. The summed E-state index contributed by atoms with van der Waals surface area (Å²) >= 11 is 0. The molecule has 1 aromatic carbocycles. The molecule has 1 aromatic heterocycles. The fourth-order valence-corrected chi connectivity index (χ4v) is 3.18. The highest BCUT2D eigenvalue weighted by Crippen LogP contribution is 2.33. The molecule has 0 saturated carbocycles. The lowest BCUT2D eigenvalue weighted by Gasteiger charge is -2.19. The summed E-state index contributed by atoms with van der Waals surface area (Å²) in [7, 11) is 0. The summed E-state index contributed by atoms with van der Waals surface area (Å²) in [6.45, 7) is 8.25. The van der Waals surface area contributed by atoms with Crippen LogP contribution < -0.4 is 15.4 Å². The van der Waals surface area contributed by atoms with E-state index in [0.717, 1.165) is 40.3 Å². The average Bonchev–Trinajstić information content (AvgIpc) is 3.09. The van der Waals surface area contributed by atoms with Gasteiger partial charge < -0.3 is 19.9 Å². The minimum Gasteiger partial charge on any atom is -0.491 e. The Morgan fingerprint density at radius 3 is 2.83 bits per heavy atom. The van der Waals surface area contributed by atoms with Crippen LogP contribution in [0.15, 0.2) is 22.7 Å². The molecule has 2 amide bonds. The van der Waals surface area contributed by atoms with Crippen molar-refractivity contribution in [3.63, 3.8) is 0 Å². The number of hydrogen-bond acceptors (Lipinski definition) is 4. The van der Waals surface area contributed by atoms with Gasteiger partial charge in [0.2, 0.25) is 0 Å². The highest BCUT2D eigenvalue weighted by atomic mass is 16.5. The second-order valence-corrected chi connectivity index (χ2v) is 6.22. The second-order valence-electron chi connectivity index (χ2n) is 6.22. The summed E-state index contributed by atoms with van der Waals surface area (Å²) in [6.07, 6.45) is 0.757. The van der Waals surface area contributed by atoms with E-state index in [-0.39, 0.29) is 18.1 Å². The minimum absolute atomic E-state index is 0.129. The van der Waals surface area contributed by atoms with Gasteiger partial charge in [-0.25, -0.2) is 4.79 Å². The van der Waals surface area contributed by atoms with Crippen molar-refractivity contribution in [3.05, 3.63) is 46.3 Å². The summed E-state index contributed by atoms with van der Waals surface area (Å²) in [5, 5.41) is 9.99. The Labute approximate surface area is 141 Å². The first kappa shape index (κ1) is 16.4. The van der Waals surface area contributed by atoms with E-state index in [1.165, 1.54) is 0 Å². The van der Waals surface area contributed by atoms with Crippen molar-refractivity contribution in [1.29, 1.82) is 0 Å². The van der Waals surface area contributed by atoms with Crippen molar-refractivity contribution in [3.8, 4) is 5.75 Å². The topological polar surface area (TPSA) is 76.4 Å². The maximum Gasteiger partial charge on any atom is 0.315 e. The molecule has 128 valence electrons. The molecule has 0 saturated heterocycles. The van der Waals surface area contributed by atoms with Gasteiger partial charge in [-0.15, -0.1) is 0 Å². The van der Waals surface area contributed by atoms with Crippen molar-refractivity contribution in [2.75, 3.05) is 6.61 Å². The molecule has 1 aliphatic heterocycles. The number of nitrogens with zero attached hydrogens (tertiary/aromatic N) is 1. The minimum atomic E-state index is -0.218. The van der Waals surface area contributed by atoms with Crippen molar-refractivity contribution >= 4 is 6.03 Å². The summed E-state index contributed by atoms with van der Waals surface area (Å²) in [5.74, 6) is 1.58. The van der Waals surface area contributed by atoms with E-state index in [0.29, 0.717) is 6.61 Å². The van der Waals surface area contributed by atoms with Gasteiger partial charge in [0.25, 0.3) is 0 Å². The third-order valence-corrected chi connectivity index (χ3v) is 4.40. The standard InChI is InChI=1S/C18H23N3O3/c1-5-14(17-11(3)21-24-12(17)4)19-18(22)20-15-9-23-16-7-6-10(2)8-13(15)16/h6-8,14-15H,5,9H2,1-4H3,(H2,19,20,22)/t14-,15-/m1/s1. The zero-order valence-electron chi connectivity index (χ0n) is 14.5. The summed E-state index contributed by atoms with van der Waals surface area (Å²) < 4.78 is 10.9. The van der Waals surface area contributed by atoms with Gasteiger partial charge in [0.1, 0.15) is 18.1 Å². The van der Waals surface area contributed by atoms with Crippen LogP contribution in [0.3, 0.4) is 0 Å². The van der Waals surface area contributed by atoms with Gasteiger partial charge in [-0.3, -0.25) is 0 Å². The third-order valence-electron chi connectivity index (χ3n) is 4.40. The largest absolute Gasteiger partial charge is 0.491 e. The molecule has 0 radical (unpaired) electrons. The van der Waals surface area contributed by atoms with E-state index in [1.807, 2.05) is 39.8 Å². The molecular formula is C18H23N3O3. The first-order valence-corrected chi connectivity index (χ1v) is 8.22. The molecule has 0 unspecified atom stereocenters. The van der Waals surface area contributed by atoms with Crippen molar-refractivity contribution < 1.29 is 14.1 Å². The van der Waals surface area contributed by atoms with Crippen molar-refractivity contribution in [2.45, 2.75) is 46.2 Å². The Balaban J connectivity index is 1.69. The van der Waals surface area contributed by atoms with Crippen LogP contribution in [-0.4, -0.2) is 17.8 Å². The van der Waals surface area contributed by atoms with Gasteiger partial charge in [0.05, 0.1) is 17.8 Å². The highest BCUT2D eigenvalue weighted by molar-refractivity contribution is 5.75. The zero-order valence-corrected chi connectivity index (χ0v) is 14.5. The number of urea groups is 1. The molecule has 0 fully saturated rings. The second kappa shape index (κ2) is 6.55. The van der Waals surface area contributed by atoms with Crippen LogP contribution in [0.25, 0.3) is 0 Å². The molecule has 0 aliphatic carbocycles. The SMILES string of the molecule is CC[C@@H](NC(=O)N[C@@H]1COc2ccc(C)cc21)c1c(C)noc1C. The molecule has 6 nitrogen and oxygen atoms in total.